The molecule has 0 unspecified atom stereocenters. The lowest BCUT2D eigenvalue weighted by molar-refractivity contribution is 1.14. The summed E-state index contributed by atoms with van der Waals surface area (Å²) < 4.78 is 0. The second kappa shape index (κ2) is 3.45. The predicted octanol–water partition coefficient (Wildman–Crippen LogP) is 1.34. The summed E-state index contributed by atoms with van der Waals surface area (Å²) in [6.07, 6.45) is 3.10. The van der Waals surface area contributed by atoms with Crippen LogP contribution in [0.2, 0.25) is 0 Å². The number of aromatic amines is 1. The molecule has 2 rings (SSSR count). The van der Waals surface area contributed by atoms with Crippen LogP contribution in [-0.2, 0) is 0 Å². The van der Waals surface area contributed by atoms with Crippen LogP contribution in [0.5, 0.6) is 0 Å². The number of rotatable bonds is 3. The Bertz CT molecular complexity index is 459. The van der Waals surface area contributed by atoms with Gasteiger partial charge in [-0.25, -0.2) is 15.0 Å². The summed E-state index contributed by atoms with van der Waals surface area (Å²) in [5, 5.41) is 3.14. The highest BCUT2D eigenvalue weighted by molar-refractivity contribution is 5.81. The number of anilines is 1. The van der Waals surface area contributed by atoms with Crippen molar-refractivity contribution < 1.29 is 0 Å². The van der Waals surface area contributed by atoms with E-state index in [4.69, 9.17) is 0 Å². The monoisotopic (exact) mass is 189 g/mol. The summed E-state index contributed by atoms with van der Waals surface area (Å²) in [4.78, 5) is 15.2. The minimum atomic E-state index is 0.693. The highest BCUT2D eigenvalue weighted by Gasteiger charge is 2.04. The van der Waals surface area contributed by atoms with Gasteiger partial charge in [-0.05, 0) is 6.92 Å². The first-order valence-corrected chi connectivity index (χ1v) is 4.29. The third-order valence-electron chi connectivity index (χ3n) is 1.77. The summed E-state index contributed by atoms with van der Waals surface area (Å²) in [5.74, 6) is 0.735. The molecule has 5 heteroatoms. The van der Waals surface area contributed by atoms with Gasteiger partial charge in [-0.15, -0.1) is 0 Å². The zero-order valence-electron chi connectivity index (χ0n) is 7.91. The summed E-state index contributed by atoms with van der Waals surface area (Å²) in [5.41, 5.74) is 2.55. The predicted molar refractivity (Wildman–Crippen MR) is 55.0 cm³/mol. The molecule has 2 heterocycles. The molecule has 0 saturated heterocycles. The SMILES string of the molecule is C=C(C)CNc1ncnc2[nH]cnc12. The van der Waals surface area contributed by atoms with Crippen molar-refractivity contribution in [2.45, 2.75) is 6.92 Å². The molecule has 0 amide bonds. The molecule has 0 aliphatic carbocycles. The van der Waals surface area contributed by atoms with Crippen LogP contribution in [0.4, 0.5) is 5.82 Å². The molecule has 72 valence electrons. The van der Waals surface area contributed by atoms with E-state index in [1.54, 1.807) is 6.33 Å². The second-order valence-corrected chi connectivity index (χ2v) is 3.13. The molecule has 0 radical (unpaired) electrons. The van der Waals surface area contributed by atoms with Crippen LogP contribution in [-0.4, -0.2) is 26.5 Å². The number of H-pyrrole nitrogens is 1. The first-order valence-electron chi connectivity index (χ1n) is 4.29. The van der Waals surface area contributed by atoms with Crippen molar-refractivity contribution in [3.05, 3.63) is 24.8 Å². The lowest BCUT2D eigenvalue weighted by Crippen LogP contribution is -2.04. The van der Waals surface area contributed by atoms with Gasteiger partial charge < -0.3 is 10.3 Å². The van der Waals surface area contributed by atoms with Gasteiger partial charge in [0.1, 0.15) is 11.8 Å². The van der Waals surface area contributed by atoms with E-state index in [9.17, 15) is 0 Å². The van der Waals surface area contributed by atoms with Gasteiger partial charge in [-0.3, -0.25) is 0 Å². The molecule has 0 spiro atoms. The van der Waals surface area contributed by atoms with Crippen LogP contribution in [0, 0.1) is 0 Å². The largest absolute Gasteiger partial charge is 0.364 e. The smallest absolute Gasteiger partial charge is 0.162 e. The van der Waals surface area contributed by atoms with Crippen LogP contribution < -0.4 is 5.32 Å². The summed E-state index contributed by atoms with van der Waals surface area (Å²) in [6, 6.07) is 0. The van der Waals surface area contributed by atoms with E-state index in [0.717, 1.165) is 22.6 Å². The number of nitrogens with one attached hydrogen (secondary N) is 2. The molecular weight excluding hydrogens is 178 g/mol. The van der Waals surface area contributed by atoms with Crippen LogP contribution in [0.3, 0.4) is 0 Å². The van der Waals surface area contributed by atoms with E-state index in [1.807, 2.05) is 6.92 Å². The van der Waals surface area contributed by atoms with Gasteiger partial charge in [0.2, 0.25) is 0 Å². The molecule has 0 aliphatic rings. The van der Waals surface area contributed by atoms with Crippen molar-refractivity contribution in [3.63, 3.8) is 0 Å². The zero-order valence-corrected chi connectivity index (χ0v) is 7.91. The molecule has 0 aliphatic heterocycles. The van der Waals surface area contributed by atoms with Crippen LogP contribution in [0.25, 0.3) is 11.2 Å². The molecule has 0 aromatic carbocycles. The minimum absolute atomic E-state index is 0.693. The van der Waals surface area contributed by atoms with Gasteiger partial charge in [-0.1, -0.05) is 12.2 Å². The maximum Gasteiger partial charge on any atom is 0.162 e. The second-order valence-electron chi connectivity index (χ2n) is 3.13. The van der Waals surface area contributed by atoms with Gasteiger partial charge in [0.25, 0.3) is 0 Å². The van der Waals surface area contributed by atoms with Gasteiger partial charge in [-0.2, -0.15) is 0 Å². The summed E-state index contributed by atoms with van der Waals surface area (Å²) >= 11 is 0. The Kier molecular flexibility index (Phi) is 2.14. The van der Waals surface area contributed by atoms with E-state index < -0.39 is 0 Å². The average Bonchev–Trinajstić information content (AvgIpc) is 2.62. The zero-order chi connectivity index (χ0) is 9.97. The van der Waals surface area contributed by atoms with Crippen molar-refractivity contribution in [3.8, 4) is 0 Å². The van der Waals surface area contributed by atoms with Crippen LogP contribution >= 0.6 is 0 Å². The van der Waals surface area contributed by atoms with Crippen molar-refractivity contribution in [1.29, 1.82) is 0 Å². The van der Waals surface area contributed by atoms with Gasteiger partial charge >= 0.3 is 0 Å². The Morgan fingerprint density at radius 3 is 3.14 bits per heavy atom. The Morgan fingerprint density at radius 1 is 1.50 bits per heavy atom. The average molecular weight is 189 g/mol. The van der Waals surface area contributed by atoms with E-state index in [0.29, 0.717) is 6.54 Å². The number of hydrogen-bond acceptors (Lipinski definition) is 4. The Morgan fingerprint density at radius 2 is 2.36 bits per heavy atom. The number of aromatic nitrogens is 4. The molecule has 2 aromatic heterocycles. The molecule has 2 aromatic rings. The molecule has 0 saturated carbocycles. The molecule has 0 fully saturated rings. The van der Waals surface area contributed by atoms with Crippen LogP contribution in [0.15, 0.2) is 24.8 Å². The van der Waals surface area contributed by atoms with E-state index in [1.165, 1.54) is 6.33 Å². The normalized spacial score (nSPS) is 10.4. The van der Waals surface area contributed by atoms with Crippen LogP contribution in [0.1, 0.15) is 6.92 Å². The molecule has 2 N–H and O–H groups in total. The van der Waals surface area contributed by atoms with E-state index >= 15 is 0 Å². The van der Waals surface area contributed by atoms with Crippen molar-refractivity contribution >= 4 is 17.0 Å². The molecule has 14 heavy (non-hydrogen) atoms. The first kappa shape index (κ1) is 8.68. The maximum atomic E-state index is 4.12. The van der Waals surface area contributed by atoms with Crippen molar-refractivity contribution in [2.75, 3.05) is 11.9 Å². The number of imidazole rings is 1. The van der Waals surface area contributed by atoms with Gasteiger partial charge in [0.05, 0.1) is 6.33 Å². The van der Waals surface area contributed by atoms with Gasteiger partial charge in [0.15, 0.2) is 11.5 Å². The van der Waals surface area contributed by atoms with Crippen molar-refractivity contribution in [1.82, 2.24) is 19.9 Å². The van der Waals surface area contributed by atoms with Crippen molar-refractivity contribution in [2.24, 2.45) is 0 Å². The van der Waals surface area contributed by atoms with E-state index in [2.05, 4.69) is 31.8 Å². The molecule has 0 atom stereocenters. The maximum absolute atomic E-state index is 4.12. The number of nitrogens with zero attached hydrogens (tertiary/aromatic N) is 3. The Balaban J connectivity index is 2.32. The third-order valence-corrected chi connectivity index (χ3v) is 1.77. The standard InChI is InChI=1S/C9H11N5/c1-6(2)3-10-8-7-9(12-4-11-7)14-5-13-8/h4-5H,1,3H2,2H3,(H2,10,11,12,13,14). The molecule has 0 bridgehead atoms. The lowest BCUT2D eigenvalue weighted by Gasteiger charge is -2.04. The first-order chi connectivity index (χ1) is 6.77. The highest BCUT2D eigenvalue weighted by atomic mass is 15.1. The Labute approximate surface area is 81.3 Å². The summed E-state index contributed by atoms with van der Waals surface area (Å²) in [6.45, 7) is 6.45. The third kappa shape index (κ3) is 1.56. The van der Waals surface area contributed by atoms with Gasteiger partial charge in [0, 0.05) is 6.54 Å². The lowest BCUT2D eigenvalue weighted by atomic mass is 10.3. The quantitative estimate of drug-likeness (QED) is 0.715. The Hall–Kier alpha value is -1.91. The fourth-order valence-electron chi connectivity index (χ4n) is 1.13. The van der Waals surface area contributed by atoms with E-state index in [-0.39, 0.29) is 0 Å². The number of fused-ring (bicyclic) bond motifs is 1. The summed E-state index contributed by atoms with van der Waals surface area (Å²) in [7, 11) is 0. The fourth-order valence-corrected chi connectivity index (χ4v) is 1.13. The fraction of sp³-hybridized carbons (Fsp3) is 0.222. The topological polar surface area (TPSA) is 66.5 Å². The number of hydrogen-bond donors (Lipinski definition) is 2. The highest BCUT2D eigenvalue weighted by Crippen LogP contribution is 2.14. The molecule has 5 nitrogen and oxygen atoms in total. The molecular formula is C9H11N5. The minimum Gasteiger partial charge on any atom is -0.364 e.